The Morgan fingerprint density at radius 3 is 2.54 bits per heavy atom. The molecule has 2 rings (SSSR count). The zero-order chi connectivity index (χ0) is 19.4. The Kier molecular flexibility index (Phi) is 5.86. The maximum Gasteiger partial charge on any atom is 0.305 e. The fraction of sp³-hybridized carbons (Fsp3) is 0.333. The summed E-state index contributed by atoms with van der Waals surface area (Å²) in [5.74, 6) is -2.28. The average molecular weight is 361 g/mol. The molecule has 1 heterocycles. The molecule has 1 N–H and O–H groups in total. The Labute approximate surface area is 149 Å². The maximum atomic E-state index is 14.1. The molecule has 1 aromatic carbocycles. The number of carboxylic acids is 1. The van der Waals surface area contributed by atoms with Crippen molar-refractivity contribution in [3.05, 3.63) is 57.8 Å². The second-order valence-corrected chi connectivity index (χ2v) is 6.10. The summed E-state index contributed by atoms with van der Waals surface area (Å²) >= 11 is 0. The van der Waals surface area contributed by atoms with E-state index in [1.54, 1.807) is 26.8 Å². The smallest absolute Gasteiger partial charge is 0.305 e. The van der Waals surface area contributed by atoms with Crippen molar-refractivity contribution in [2.24, 2.45) is 0 Å². The quantitative estimate of drug-likeness (QED) is 0.850. The lowest BCUT2D eigenvalue weighted by Crippen LogP contribution is -2.41. The highest BCUT2D eigenvalue weighted by Gasteiger charge is 2.24. The third-order valence-electron chi connectivity index (χ3n) is 3.84. The Bertz CT molecular complexity index is 892. The molecular formula is C18H20FN3O4. The number of nitrogens with zero attached hydrogens (tertiary/aromatic N) is 3. The molecule has 0 spiro atoms. The number of benzene rings is 1. The average Bonchev–Trinajstić information content (AvgIpc) is 2.55. The minimum absolute atomic E-state index is 0.0550. The van der Waals surface area contributed by atoms with Gasteiger partial charge in [-0.05, 0) is 32.9 Å². The van der Waals surface area contributed by atoms with Crippen LogP contribution in [0, 0.1) is 12.7 Å². The first-order chi connectivity index (χ1) is 12.2. The van der Waals surface area contributed by atoms with E-state index in [2.05, 4.69) is 5.10 Å². The van der Waals surface area contributed by atoms with E-state index in [4.69, 9.17) is 5.11 Å². The van der Waals surface area contributed by atoms with Gasteiger partial charge in [0.25, 0.3) is 5.91 Å². The van der Waals surface area contributed by atoms with E-state index < -0.39 is 23.1 Å². The van der Waals surface area contributed by atoms with E-state index in [9.17, 15) is 18.8 Å². The monoisotopic (exact) mass is 361 g/mol. The first-order valence-corrected chi connectivity index (χ1v) is 8.11. The molecule has 0 aliphatic heterocycles. The van der Waals surface area contributed by atoms with E-state index in [0.29, 0.717) is 5.69 Å². The van der Waals surface area contributed by atoms with Gasteiger partial charge >= 0.3 is 5.97 Å². The molecule has 0 radical (unpaired) electrons. The zero-order valence-electron chi connectivity index (χ0n) is 14.8. The number of aliphatic carboxylic acids is 1. The van der Waals surface area contributed by atoms with Crippen molar-refractivity contribution in [2.75, 3.05) is 6.54 Å². The predicted octanol–water partition coefficient (Wildman–Crippen LogP) is 2.01. The number of para-hydroxylation sites is 1. The van der Waals surface area contributed by atoms with Gasteiger partial charge in [0, 0.05) is 24.3 Å². The van der Waals surface area contributed by atoms with Gasteiger partial charge in [-0.25, -0.2) is 9.07 Å². The number of aryl methyl sites for hydroxylation is 1. The number of hydrogen-bond donors (Lipinski definition) is 1. The molecule has 0 saturated carbocycles. The molecule has 0 atom stereocenters. The predicted molar refractivity (Wildman–Crippen MR) is 93.0 cm³/mol. The first kappa shape index (κ1) is 19.3. The Balaban J connectivity index is 2.50. The minimum Gasteiger partial charge on any atom is -0.481 e. The summed E-state index contributed by atoms with van der Waals surface area (Å²) in [6.45, 7) is 4.95. The van der Waals surface area contributed by atoms with E-state index in [1.165, 1.54) is 33.8 Å². The van der Waals surface area contributed by atoms with Crippen LogP contribution in [0.4, 0.5) is 4.39 Å². The summed E-state index contributed by atoms with van der Waals surface area (Å²) in [6, 6.07) is 6.76. The van der Waals surface area contributed by atoms with Gasteiger partial charge in [-0.3, -0.25) is 14.4 Å². The van der Waals surface area contributed by atoms with Crippen LogP contribution in [0.15, 0.2) is 35.1 Å². The molecule has 26 heavy (non-hydrogen) atoms. The van der Waals surface area contributed by atoms with Crippen molar-refractivity contribution in [3.8, 4) is 5.69 Å². The van der Waals surface area contributed by atoms with Gasteiger partial charge in [-0.2, -0.15) is 5.10 Å². The summed E-state index contributed by atoms with van der Waals surface area (Å²) in [6.07, 6.45) is -0.253. The van der Waals surface area contributed by atoms with Crippen molar-refractivity contribution in [2.45, 2.75) is 33.2 Å². The number of carbonyl (C=O) groups excluding carboxylic acids is 1. The SMILES string of the molecule is Cc1cc(=O)c(C(=O)N(CCC(=O)O)C(C)C)nn1-c1ccccc1F. The Morgan fingerprint density at radius 1 is 1.31 bits per heavy atom. The summed E-state index contributed by atoms with van der Waals surface area (Å²) in [5, 5.41) is 12.9. The number of hydrogen-bond acceptors (Lipinski definition) is 4. The van der Waals surface area contributed by atoms with Crippen LogP contribution in [-0.2, 0) is 4.79 Å². The van der Waals surface area contributed by atoms with E-state index in [1.807, 2.05) is 0 Å². The van der Waals surface area contributed by atoms with Gasteiger partial charge in [0.05, 0.1) is 6.42 Å². The fourth-order valence-corrected chi connectivity index (χ4v) is 2.51. The second-order valence-electron chi connectivity index (χ2n) is 6.10. The molecule has 0 aliphatic carbocycles. The molecule has 1 amide bonds. The van der Waals surface area contributed by atoms with Crippen LogP contribution in [0.1, 0.15) is 36.5 Å². The fourth-order valence-electron chi connectivity index (χ4n) is 2.51. The van der Waals surface area contributed by atoms with Crippen LogP contribution in [0.2, 0.25) is 0 Å². The molecule has 0 aliphatic rings. The molecule has 2 aromatic rings. The molecule has 0 unspecified atom stereocenters. The number of halogens is 1. The third kappa shape index (κ3) is 4.14. The van der Waals surface area contributed by atoms with Crippen molar-refractivity contribution < 1.29 is 19.1 Å². The normalized spacial score (nSPS) is 10.8. The Hall–Kier alpha value is -3.03. The lowest BCUT2D eigenvalue weighted by Gasteiger charge is -2.25. The van der Waals surface area contributed by atoms with Gasteiger partial charge < -0.3 is 10.0 Å². The topological polar surface area (TPSA) is 92.5 Å². The molecular weight excluding hydrogens is 341 g/mol. The first-order valence-electron chi connectivity index (χ1n) is 8.11. The van der Waals surface area contributed by atoms with Crippen molar-refractivity contribution >= 4 is 11.9 Å². The summed E-state index contributed by atoms with van der Waals surface area (Å²) in [7, 11) is 0. The van der Waals surface area contributed by atoms with Gasteiger partial charge in [0.1, 0.15) is 11.5 Å². The van der Waals surface area contributed by atoms with Crippen LogP contribution in [0.25, 0.3) is 5.69 Å². The number of amides is 1. The number of carboxylic acid groups (broad SMARTS) is 1. The van der Waals surface area contributed by atoms with Crippen molar-refractivity contribution in [1.29, 1.82) is 0 Å². The standard InChI is InChI=1S/C18H20FN3O4/c1-11(2)21(9-8-16(24)25)18(26)17-15(23)10-12(3)22(20-17)14-7-5-4-6-13(14)19/h4-7,10-11H,8-9H2,1-3H3,(H,24,25). The molecule has 0 bridgehead atoms. The number of rotatable bonds is 6. The summed E-state index contributed by atoms with van der Waals surface area (Å²) in [5.41, 5.74) is -0.488. The zero-order valence-corrected chi connectivity index (χ0v) is 14.8. The van der Waals surface area contributed by atoms with E-state index >= 15 is 0 Å². The molecule has 1 aromatic heterocycles. The minimum atomic E-state index is -1.05. The third-order valence-corrected chi connectivity index (χ3v) is 3.84. The summed E-state index contributed by atoms with van der Waals surface area (Å²) in [4.78, 5) is 37.1. The van der Waals surface area contributed by atoms with Gasteiger partial charge in [-0.1, -0.05) is 12.1 Å². The lowest BCUT2D eigenvalue weighted by atomic mass is 10.2. The van der Waals surface area contributed by atoms with Crippen LogP contribution in [0.3, 0.4) is 0 Å². The van der Waals surface area contributed by atoms with E-state index in [-0.39, 0.29) is 30.4 Å². The summed E-state index contributed by atoms with van der Waals surface area (Å²) < 4.78 is 15.3. The van der Waals surface area contributed by atoms with Gasteiger partial charge in [0.15, 0.2) is 5.69 Å². The lowest BCUT2D eigenvalue weighted by molar-refractivity contribution is -0.137. The molecule has 0 saturated heterocycles. The van der Waals surface area contributed by atoms with Crippen LogP contribution in [-0.4, -0.2) is 44.3 Å². The number of aromatic nitrogens is 2. The van der Waals surface area contributed by atoms with Gasteiger partial charge in [-0.15, -0.1) is 0 Å². The Morgan fingerprint density at radius 2 is 1.96 bits per heavy atom. The molecule has 7 nitrogen and oxygen atoms in total. The van der Waals surface area contributed by atoms with Crippen molar-refractivity contribution in [1.82, 2.24) is 14.7 Å². The molecule has 0 fully saturated rings. The van der Waals surface area contributed by atoms with Crippen LogP contribution < -0.4 is 5.43 Å². The highest BCUT2D eigenvalue weighted by molar-refractivity contribution is 5.92. The molecule has 138 valence electrons. The number of carbonyl (C=O) groups is 2. The highest BCUT2D eigenvalue weighted by Crippen LogP contribution is 2.14. The van der Waals surface area contributed by atoms with Gasteiger partial charge in [0.2, 0.25) is 5.43 Å². The highest BCUT2D eigenvalue weighted by atomic mass is 19.1. The van der Waals surface area contributed by atoms with Crippen molar-refractivity contribution in [3.63, 3.8) is 0 Å². The molecule has 8 heteroatoms. The maximum absolute atomic E-state index is 14.1. The van der Waals surface area contributed by atoms with Crippen LogP contribution in [0.5, 0.6) is 0 Å². The second kappa shape index (κ2) is 7.90. The van der Waals surface area contributed by atoms with E-state index in [0.717, 1.165) is 0 Å². The van der Waals surface area contributed by atoms with Crippen LogP contribution >= 0.6 is 0 Å². The largest absolute Gasteiger partial charge is 0.481 e.